The van der Waals surface area contributed by atoms with E-state index in [1.54, 1.807) is 35.1 Å². The lowest BCUT2D eigenvalue weighted by Crippen LogP contribution is -2.15. The van der Waals surface area contributed by atoms with E-state index in [4.69, 9.17) is 32.7 Å². The minimum Gasteiger partial charge on any atom is -0.497 e. The molecule has 0 radical (unpaired) electrons. The molecule has 0 saturated carbocycles. The third kappa shape index (κ3) is 4.52. The molecule has 0 aliphatic carbocycles. The summed E-state index contributed by atoms with van der Waals surface area (Å²) in [6.07, 6.45) is 1.65. The van der Waals surface area contributed by atoms with E-state index in [9.17, 15) is 8.42 Å². The van der Waals surface area contributed by atoms with Crippen molar-refractivity contribution in [3.05, 3.63) is 64.3 Å². The quantitative estimate of drug-likeness (QED) is 0.597. The minimum atomic E-state index is -3.90. The lowest BCUT2D eigenvalue weighted by Gasteiger charge is -2.11. The highest BCUT2D eigenvalue weighted by molar-refractivity contribution is 7.92. The van der Waals surface area contributed by atoms with Crippen LogP contribution in [-0.2, 0) is 16.6 Å². The Bertz CT molecular complexity index is 1100. The van der Waals surface area contributed by atoms with E-state index in [0.29, 0.717) is 22.3 Å². The smallest absolute Gasteiger partial charge is 0.266 e. The first kappa shape index (κ1) is 20.3. The second-order valence-corrected chi connectivity index (χ2v) is 8.25. The summed E-state index contributed by atoms with van der Waals surface area (Å²) in [5, 5.41) is 5.28. The van der Waals surface area contributed by atoms with Gasteiger partial charge >= 0.3 is 0 Å². The zero-order valence-electron chi connectivity index (χ0n) is 15.0. The Morgan fingerprint density at radius 2 is 1.86 bits per heavy atom. The number of sulfonamides is 1. The SMILES string of the molecule is COc1ccc(S(=O)(=O)Nc2ccn(Cc3ccc(Cl)cc3Cl)n2)c(OC)c1. The van der Waals surface area contributed by atoms with Crippen LogP contribution < -0.4 is 14.2 Å². The molecule has 148 valence electrons. The lowest BCUT2D eigenvalue weighted by atomic mass is 10.2. The van der Waals surface area contributed by atoms with Crippen molar-refractivity contribution < 1.29 is 17.9 Å². The summed E-state index contributed by atoms with van der Waals surface area (Å²) >= 11 is 12.1. The number of nitrogens with one attached hydrogen (secondary N) is 1. The van der Waals surface area contributed by atoms with E-state index >= 15 is 0 Å². The highest BCUT2D eigenvalue weighted by Gasteiger charge is 2.21. The van der Waals surface area contributed by atoms with Crippen molar-refractivity contribution in [2.75, 3.05) is 18.9 Å². The van der Waals surface area contributed by atoms with E-state index in [1.807, 2.05) is 0 Å². The number of halogens is 2. The van der Waals surface area contributed by atoms with E-state index < -0.39 is 10.0 Å². The summed E-state index contributed by atoms with van der Waals surface area (Å²) in [7, 11) is -1.03. The van der Waals surface area contributed by atoms with E-state index in [1.165, 1.54) is 32.4 Å². The second kappa shape index (κ2) is 8.30. The van der Waals surface area contributed by atoms with Gasteiger partial charge in [0.2, 0.25) is 0 Å². The molecule has 1 heterocycles. The zero-order chi connectivity index (χ0) is 20.3. The molecule has 0 amide bonds. The largest absolute Gasteiger partial charge is 0.497 e. The van der Waals surface area contributed by atoms with Crippen LogP contribution in [0.1, 0.15) is 5.56 Å². The van der Waals surface area contributed by atoms with Gasteiger partial charge in [-0.1, -0.05) is 29.3 Å². The number of methoxy groups -OCH3 is 2. The molecular formula is C18H17Cl2N3O4S. The van der Waals surface area contributed by atoms with Gasteiger partial charge in [-0.2, -0.15) is 5.10 Å². The van der Waals surface area contributed by atoms with Gasteiger partial charge in [0, 0.05) is 28.4 Å². The third-order valence-electron chi connectivity index (χ3n) is 3.89. The van der Waals surface area contributed by atoms with Crippen molar-refractivity contribution >= 4 is 39.0 Å². The maximum atomic E-state index is 12.7. The second-order valence-electron chi connectivity index (χ2n) is 5.76. The maximum Gasteiger partial charge on any atom is 0.266 e. The molecule has 0 spiro atoms. The molecular weight excluding hydrogens is 425 g/mol. The van der Waals surface area contributed by atoms with Crippen LogP contribution in [0.4, 0.5) is 5.82 Å². The molecule has 1 aromatic heterocycles. The van der Waals surface area contributed by atoms with Crippen LogP contribution in [0.25, 0.3) is 0 Å². The molecule has 3 rings (SSSR count). The van der Waals surface area contributed by atoms with Crippen LogP contribution in [-0.4, -0.2) is 32.4 Å². The van der Waals surface area contributed by atoms with Gasteiger partial charge in [0.1, 0.15) is 16.4 Å². The Hall–Kier alpha value is -2.42. The molecule has 0 fully saturated rings. The van der Waals surface area contributed by atoms with Crippen LogP contribution in [0, 0.1) is 0 Å². The van der Waals surface area contributed by atoms with Crippen molar-refractivity contribution in [3.63, 3.8) is 0 Å². The minimum absolute atomic E-state index is 0.0221. The summed E-state index contributed by atoms with van der Waals surface area (Å²) in [5.41, 5.74) is 0.806. The van der Waals surface area contributed by atoms with Gasteiger partial charge < -0.3 is 9.47 Å². The fourth-order valence-electron chi connectivity index (χ4n) is 2.52. The fraction of sp³-hybridized carbons (Fsp3) is 0.167. The Morgan fingerprint density at radius 3 is 2.54 bits per heavy atom. The van der Waals surface area contributed by atoms with Crippen LogP contribution in [0.15, 0.2) is 53.6 Å². The molecule has 0 aliphatic heterocycles. The Balaban J connectivity index is 1.80. The molecule has 0 unspecified atom stereocenters. The predicted octanol–water partition coefficient (Wildman–Crippen LogP) is 4.06. The molecule has 7 nitrogen and oxygen atoms in total. The molecule has 0 saturated heterocycles. The van der Waals surface area contributed by atoms with Crippen molar-refractivity contribution in [2.24, 2.45) is 0 Å². The number of rotatable bonds is 7. The molecule has 0 bridgehead atoms. The van der Waals surface area contributed by atoms with Gasteiger partial charge in [0.15, 0.2) is 5.82 Å². The van der Waals surface area contributed by atoms with Crippen molar-refractivity contribution in [1.29, 1.82) is 0 Å². The number of ether oxygens (including phenoxy) is 2. The average Bonchev–Trinajstić information content (AvgIpc) is 3.09. The summed E-state index contributed by atoms with van der Waals surface area (Å²) in [4.78, 5) is -0.0221. The summed E-state index contributed by atoms with van der Waals surface area (Å²) in [6.45, 7) is 0.365. The van der Waals surface area contributed by atoms with Crippen LogP contribution in [0.2, 0.25) is 10.0 Å². The van der Waals surface area contributed by atoms with Crippen LogP contribution >= 0.6 is 23.2 Å². The van der Waals surface area contributed by atoms with Crippen molar-refractivity contribution in [1.82, 2.24) is 9.78 Å². The zero-order valence-corrected chi connectivity index (χ0v) is 17.3. The number of hydrogen-bond acceptors (Lipinski definition) is 5. The van der Waals surface area contributed by atoms with E-state index in [2.05, 4.69) is 9.82 Å². The standard InChI is InChI=1S/C18H17Cl2N3O4S/c1-26-14-5-6-17(16(10-14)27-2)28(24,25)22-18-7-8-23(21-18)11-12-3-4-13(19)9-15(12)20/h3-10H,11H2,1-2H3,(H,21,22). The first-order valence-corrected chi connectivity index (χ1v) is 10.3. The lowest BCUT2D eigenvalue weighted by molar-refractivity contribution is 0.386. The molecule has 3 aromatic rings. The average molecular weight is 442 g/mol. The summed E-state index contributed by atoms with van der Waals surface area (Å²) in [5.74, 6) is 0.821. The number of anilines is 1. The Labute approximate surface area is 172 Å². The van der Waals surface area contributed by atoms with E-state index in [-0.39, 0.29) is 16.5 Å². The van der Waals surface area contributed by atoms with Gasteiger partial charge in [0.25, 0.3) is 10.0 Å². The molecule has 28 heavy (non-hydrogen) atoms. The number of benzene rings is 2. The maximum absolute atomic E-state index is 12.7. The number of aromatic nitrogens is 2. The molecule has 2 aromatic carbocycles. The van der Waals surface area contributed by atoms with Gasteiger partial charge in [-0.3, -0.25) is 9.40 Å². The van der Waals surface area contributed by atoms with Gasteiger partial charge in [-0.15, -0.1) is 0 Å². The first-order chi connectivity index (χ1) is 13.3. The molecule has 10 heteroatoms. The number of hydrogen-bond donors (Lipinski definition) is 1. The molecule has 0 aliphatic rings. The topological polar surface area (TPSA) is 82.5 Å². The first-order valence-electron chi connectivity index (χ1n) is 8.04. The van der Waals surface area contributed by atoms with Gasteiger partial charge in [-0.05, 0) is 29.8 Å². The van der Waals surface area contributed by atoms with Crippen LogP contribution in [0.3, 0.4) is 0 Å². The van der Waals surface area contributed by atoms with Crippen molar-refractivity contribution in [2.45, 2.75) is 11.4 Å². The number of nitrogens with zero attached hydrogens (tertiary/aromatic N) is 2. The highest BCUT2D eigenvalue weighted by atomic mass is 35.5. The monoisotopic (exact) mass is 441 g/mol. The fourth-order valence-corrected chi connectivity index (χ4v) is 4.13. The Morgan fingerprint density at radius 1 is 1.07 bits per heavy atom. The van der Waals surface area contributed by atoms with Gasteiger partial charge in [-0.25, -0.2) is 8.42 Å². The third-order valence-corrected chi connectivity index (χ3v) is 5.87. The molecule has 0 atom stereocenters. The summed E-state index contributed by atoms with van der Waals surface area (Å²) in [6, 6.07) is 11.2. The normalized spacial score (nSPS) is 11.3. The van der Waals surface area contributed by atoms with E-state index in [0.717, 1.165) is 5.56 Å². The Kier molecular flexibility index (Phi) is 6.02. The predicted molar refractivity (Wildman–Crippen MR) is 108 cm³/mol. The highest BCUT2D eigenvalue weighted by Crippen LogP contribution is 2.29. The van der Waals surface area contributed by atoms with Gasteiger partial charge in [0.05, 0.1) is 20.8 Å². The van der Waals surface area contributed by atoms with Crippen molar-refractivity contribution in [3.8, 4) is 11.5 Å². The summed E-state index contributed by atoms with van der Waals surface area (Å²) < 4.78 is 39.7. The molecule has 1 N–H and O–H groups in total. The van der Waals surface area contributed by atoms with Crippen LogP contribution in [0.5, 0.6) is 11.5 Å².